The van der Waals surface area contributed by atoms with Crippen LogP contribution in [0.5, 0.6) is 5.75 Å². The molecule has 1 aromatic carbocycles. The highest BCUT2D eigenvalue weighted by Crippen LogP contribution is 2.40. The Morgan fingerprint density at radius 1 is 1.11 bits per heavy atom. The first-order chi connectivity index (χ1) is 21.0. The van der Waals surface area contributed by atoms with E-state index in [1.54, 1.807) is 30.3 Å². The highest BCUT2D eigenvalue weighted by molar-refractivity contribution is 6.34. The van der Waals surface area contributed by atoms with E-state index in [2.05, 4.69) is 10.7 Å². The molecule has 3 heterocycles. The van der Waals surface area contributed by atoms with Crippen LogP contribution in [0.2, 0.25) is 5.02 Å². The fourth-order valence-electron chi connectivity index (χ4n) is 6.21. The highest BCUT2D eigenvalue weighted by atomic mass is 35.5. The number of aromatic nitrogens is 1. The van der Waals surface area contributed by atoms with Gasteiger partial charge in [0, 0.05) is 36.6 Å². The third kappa shape index (κ3) is 6.39. The number of carboxylic acid groups (broad SMARTS) is 1. The third-order valence-corrected chi connectivity index (χ3v) is 8.66. The van der Waals surface area contributed by atoms with Crippen molar-refractivity contribution in [1.82, 2.24) is 14.8 Å². The van der Waals surface area contributed by atoms with Crippen molar-refractivity contribution >= 4 is 29.3 Å². The molecule has 8 nitrogen and oxygen atoms in total. The number of carbonyl (C=O) groups is 3. The summed E-state index contributed by atoms with van der Waals surface area (Å²) in [4.78, 5) is 45.8. The van der Waals surface area contributed by atoms with Gasteiger partial charge in [-0.2, -0.15) is 13.2 Å². The van der Waals surface area contributed by atoms with Crippen LogP contribution in [0.15, 0.2) is 72.0 Å². The topological polar surface area (TPSA) is 100 Å². The Hall–Kier alpha value is -4.08. The molecule has 3 aliphatic rings. The van der Waals surface area contributed by atoms with Gasteiger partial charge in [0.2, 0.25) is 0 Å². The van der Waals surface area contributed by atoms with Crippen LogP contribution in [0, 0.1) is 5.92 Å². The number of ketones is 1. The molecular formula is C32H31ClF3N3O5. The van der Waals surface area contributed by atoms with Gasteiger partial charge in [-0.3, -0.25) is 19.4 Å². The average molecular weight is 630 g/mol. The minimum atomic E-state index is -4.92. The molecule has 2 atom stereocenters. The maximum Gasteiger partial charge on any atom is 0.432 e. The fourth-order valence-corrected chi connectivity index (χ4v) is 6.48. The largest absolute Gasteiger partial charge is 0.488 e. The number of nitrogens with zero attached hydrogens (tertiary/aromatic N) is 3. The van der Waals surface area contributed by atoms with E-state index in [1.165, 1.54) is 12.4 Å². The van der Waals surface area contributed by atoms with E-state index >= 15 is 0 Å². The van der Waals surface area contributed by atoms with Gasteiger partial charge in [-0.15, -0.1) is 5.73 Å². The first kappa shape index (κ1) is 31.3. The molecule has 1 N–H and O–H groups in total. The summed E-state index contributed by atoms with van der Waals surface area (Å²) in [7, 11) is 0. The molecule has 1 saturated carbocycles. The molecule has 232 valence electrons. The van der Waals surface area contributed by atoms with Gasteiger partial charge in [0.15, 0.2) is 5.78 Å². The zero-order chi connectivity index (χ0) is 31.6. The van der Waals surface area contributed by atoms with E-state index in [4.69, 9.17) is 16.3 Å². The van der Waals surface area contributed by atoms with Crippen molar-refractivity contribution < 1.29 is 37.4 Å². The average Bonchev–Trinajstić information content (AvgIpc) is 3.43. The molecule has 2 aromatic rings. The second-order valence-electron chi connectivity index (χ2n) is 11.1. The predicted octanol–water partition coefficient (Wildman–Crippen LogP) is 5.97. The van der Waals surface area contributed by atoms with E-state index < -0.39 is 59.2 Å². The Kier molecular flexibility index (Phi) is 9.18. The summed E-state index contributed by atoms with van der Waals surface area (Å²) in [5.41, 5.74) is 1.62. The molecule has 0 bridgehead atoms. The molecule has 1 amide bonds. The summed E-state index contributed by atoms with van der Waals surface area (Å²) in [5, 5.41) is 9.43. The van der Waals surface area contributed by atoms with Crippen LogP contribution in [0.4, 0.5) is 13.2 Å². The van der Waals surface area contributed by atoms with Gasteiger partial charge in [0.05, 0.1) is 29.1 Å². The Morgan fingerprint density at radius 2 is 1.82 bits per heavy atom. The number of amides is 1. The molecule has 12 heteroatoms. The van der Waals surface area contributed by atoms with Gasteiger partial charge in [-0.05, 0) is 55.9 Å². The van der Waals surface area contributed by atoms with Gasteiger partial charge in [0.25, 0.3) is 5.91 Å². The van der Waals surface area contributed by atoms with Crippen molar-refractivity contribution in [3.05, 3.63) is 88.2 Å². The lowest BCUT2D eigenvalue weighted by molar-refractivity contribution is -0.143. The first-order valence-corrected chi connectivity index (χ1v) is 14.8. The van der Waals surface area contributed by atoms with Crippen molar-refractivity contribution in [3.8, 4) is 5.75 Å². The van der Waals surface area contributed by atoms with Gasteiger partial charge >= 0.3 is 12.1 Å². The molecular weight excluding hydrogens is 599 g/mol. The number of benzene rings is 1. The van der Waals surface area contributed by atoms with E-state index in [9.17, 15) is 32.7 Å². The smallest absolute Gasteiger partial charge is 0.432 e. The highest BCUT2D eigenvalue weighted by Gasteiger charge is 2.48. The lowest BCUT2D eigenvalue weighted by atomic mass is 9.85. The molecule has 0 radical (unpaired) electrons. The molecule has 1 aliphatic carbocycles. The predicted molar refractivity (Wildman–Crippen MR) is 155 cm³/mol. The van der Waals surface area contributed by atoms with Crippen LogP contribution in [0.3, 0.4) is 0 Å². The van der Waals surface area contributed by atoms with Crippen molar-refractivity contribution in [3.63, 3.8) is 0 Å². The number of para-hydroxylation sites is 1. The van der Waals surface area contributed by atoms with E-state index in [0.717, 1.165) is 22.1 Å². The van der Waals surface area contributed by atoms with Gasteiger partial charge in [-0.25, -0.2) is 0 Å². The number of ether oxygens (including phenoxy) is 1. The number of halogens is 4. The Bertz CT molecular complexity index is 1530. The fraction of sp³-hybridized carbons (Fsp3) is 0.406. The number of aliphatic carboxylic acids is 1. The number of hydrogen-bond donors (Lipinski definition) is 1. The van der Waals surface area contributed by atoms with Gasteiger partial charge in [-0.1, -0.05) is 36.7 Å². The molecule has 1 aromatic heterocycles. The maximum atomic E-state index is 14.7. The van der Waals surface area contributed by atoms with Crippen LogP contribution in [-0.2, 0) is 16.0 Å². The first-order valence-electron chi connectivity index (χ1n) is 14.4. The summed E-state index contributed by atoms with van der Waals surface area (Å²) >= 11 is 6.40. The Balaban J connectivity index is 1.52. The quantitative estimate of drug-likeness (QED) is 0.284. The Morgan fingerprint density at radius 3 is 2.45 bits per heavy atom. The number of carboxylic acids is 1. The number of pyridine rings is 1. The monoisotopic (exact) mass is 629 g/mol. The molecule has 2 aliphatic heterocycles. The van der Waals surface area contributed by atoms with Gasteiger partial charge < -0.3 is 19.6 Å². The SMILES string of the molecule is CCc1cncc(Cl)c1C(=O)C1CC(Oc2ccccc2)CN1C(=O)C1=C(C(F)(F)F)N(C2CCC(C(=O)O)CC2)C=C=C1. The standard InChI is InChI=1S/C32H31ClF3N3O5/c1-2-19-16-37-17-25(33)27(19)28(40)26-15-23(44-22-7-4-3-5-8-22)18-39(26)30(41)24-9-6-14-38(29(24)32(34,35)36)21-12-10-20(11-13-21)31(42)43/h3-5,7-9,14,16-17,20-21,23,26H,2,10-13,15,18H2,1H3,(H,42,43). The zero-order valence-electron chi connectivity index (χ0n) is 23.9. The van der Waals surface area contributed by atoms with Crippen molar-refractivity contribution in [2.75, 3.05) is 6.54 Å². The lowest BCUT2D eigenvalue weighted by Gasteiger charge is -2.38. The van der Waals surface area contributed by atoms with Crippen molar-refractivity contribution in [2.24, 2.45) is 5.92 Å². The number of aryl methyl sites for hydroxylation is 1. The number of alkyl halides is 3. The summed E-state index contributed by atoms with van der Waals surface area (Å²) in [6, 6.07) is 6.94. The van der Waals surface area contributed by atoms with E-state index in [1.807, 2.05) is 6.92 Å². The van der Waals surface area contributed by atoms with Crippen LogP contribution in [0.25, 0.3) is 0 Å². The van der Waals surface area contributed by atoms with Crippen molar-refractivity contribution in [2.45, 2.75) is 69.8 Å². The number of rotatable bonds is 8. The lowest BCUT2D eigenvalue weighted by Crippen LogP contribution is -2.45. The van der Waals surface area contributed by atoms with E-state index in [-0.39, 0.29) is 49.2 Å². The number of likely N-dealkylation sites (tertiary alicyclic amines) is 1. The minimum Gasteiger partial charge on any atom is -0.488 e. The molecule has 5 rings (SSSR count). The second-order valence-corrected chi connectivity index (χ2v) is 11.5. The molecule has 44 heavy (non-hydrogen) atoms. The third-order valence-electron chi connectivity index (χ3n) is 8.37. The summed E-state index contributed by atoms with van der Waals surface area (Å²) in [5.74, 6) is -2.59. The van der Waals surface area contributed by atoms with Crippen LogP contribution in [-0.4, -0.2) is 68.5 Å². The zero-order valence-corrected chi connectivity index (χ0v) is 24.6. The van der Waals surface area contributed by atoms with Crippen LogP contribution >= 0.6 is 11.6 Å². The number of carbonyl (C=O) groups excluding carboxylic acids is 2. The van der Waals surface area contributed by atoms with Gasteiger partial charge in [0.1, 0.15) is 17.6 Å². The molecule has 1 saturated heterocycles. The van der Waals surface area contributed by atoms with Crippen LogP contribution < -0.4 is 4.74 Å². The molecule has 2 unspecified atom stereocenters. The minimum absolute atomic E-state index is 0.0401. The summed E-state index contributed by atoms with van der Waals surface area (Å²) in [6.45, 7) is 1.69. The Labute approximate surface area is 257 Å². The molecule has 2 fully saturated rings. The number of Topliss-reactive ketones (excluding diaryl/α,β-unsaturated/α-hetero) is 1. The number of hydrogen-bond acceptors (Lipinski definition) is 6. The van der Waals surface area contributed by atoms with Crippen LogP contribution in [0.1, 0.15) is 54.9 Å². The number of allylic oxidation sites excluding steroid dienone is 1. The normalized spacial score (nSPS) is 23.7. The van der Waals surface area contributed by atoms with E-state index in [0.29, 0.717) is 17.7 Å². The molecule has 0 spiro atoms. The maximum absolute atomic E-state index is 14.7. The summed E-state index contributed by atoms with van der Waals surface area (Å²) in [6.07, 6.45) is 0.686. The summed E-state index contributed by atoms with van der Waals surface area (Å²) < 4.78 is 50.3. The second kappa shape index (κ2) is 12.9. The van der Waals surface area contributed by atoms with Crippen molar-refractivity contribution in [1.29, 1.82) is 0 Å².